The standard InChI is InChI=1S/C20H22Cl2N2O/c21-20(22)12-19(20,14-8-4-3-5-9-14)13-23-24-18(25)17-15-10-6-1-2-7-11-16(15)17/h1-5,8-9,13,15-17H,6-7,10-12H2,(H,24,25)/b2-1-,23-13+. The third-order valence-corrected chi connectivity index (χ3v) is 6.85. The van der Waals surface area contributed by atoms with Crippen molar-refractivity contribution in [1.82, 2.24) is 5.43 Å². The quantitative estimate of drug-likeness (QED) is 0.354. The van der Waals surface area contributed by atoms with E-state index in [1.54, 1.807) is 6.21 Å². The molecular weight excluding hydrogens is 355 g/mol. The zero-order valence-corrected chi connectivity index (χ0v) is 15.5. The first-order valence-corrected chi connectivity index (χ1v) is 9.73. The Bertz CT molecular complexity index is 700. The summed E-state index contributed by atoms with van der Waals surface area (Å²) in [7, 11) is 0. The fourth-order valence-corrected chi connectivity index (χ4v) is 5.02. The van der Waals surface area contributed by atoms with Gasteiger partial charge in [0.15, 0.2) is 0 Å². The molecule has 0 bridgehead atoms. The molecule has 4 rings (SSSR count). The molecule has 0 heterocycles. The Labute approximate surface area is 158 Å². The summed E-state index contributed by atoms with van der Waals surface area (Å²) in [6, 6.07) is 9.87. The monoisotopic (exact) mass is 376 g/mol. The number of hydrogen-bond acceptors (Lipinski definition) is 2. The van der Waals surface area contributed by atoms with Crippen LogP contribution in [-0.2, 0) is 10.2 Å². The molecule has 0 saturated heterocycles. The molecule has 1 N–H and O–H groups in total. The van der Waals surface area contributed by atoms with Crippen LogP contribution in [0.2, 0.25) is 0 Å². The number of alkyl halides is 2. The fraction of sp³-hybridized carbons (Fsp3) is 0.500. The van der Waals surface area contributed by atoms with Crippen LogP contribution in [0.4, 0.5) is 0 Å². The highest BCUT2D eigenvalue weighted by Crippen LogP contribution is 2.63. The molecule has 3 aliphatic rings. The molecule has 2 saturated carbocycles. The Morgan fingerprint density at radius 2 is 1.72 bits per heavy atom. The van der Waals surface area contributed by atoms with Gasteiger partial charge in [-0.2, -0.15) is 5.10 Å². The number of carbonyl (C=O) groups excluding carboxylic acids is 1. The smallest absolute Gasteiger partial charge is 0.243 e. The molecule has 1 aromatic rings. The van der Waals surface area contributed by atoms with Crippen molar-refractivity contribution < 1.29 is 4.79 Å². The van der Waals surface area contributed by atoms with Gasteiger partial charge in [0.25, 0.3) is 0 Å². The van der Waals surface area contributed by atoms with Gasteiger partial charge in [-0.15, -0.1) is 23.2 Å². The lowest BCUT2D eigenvalue weighted by Gasteiger charge is -2.13. The maximum atomic E-state index is 12.5. The molecule has 3 unspecified atom stereocenters. The van der Waals surface area contributed by atoms with Crippen LogP contribution in [0.5, 0.6) is 0 Å². The number of carbonyl (C=O) groups is 1. The van der Waals surface area contributed by atoms with E-state index < -0.39 is 9.75 Å². The van der Waals surface area contributed by atoms with Gasteiger partial charge >= 0.3 is 0 Å². The van der Waals surface area contributed by atoms with E-state index in [0.717, 1.165) is 31.2 Å². The maximum absolute atomic E-state index is 12.5. The second kappa shape index (κ2) is 6.44. The van der Waals surface area contributed by atoms with Crippen LogP contribution in [0, 0.1) is 17.8 Å². The largest absolute Gasteiger partial charge is 0.273 e. The number of fused-ring (bicyclic) bond motifs is 1. The molecule has 0 spiro atoms. The summed E-state index contributed by atoms with van der Waals surface area (Å²) in [4.78, 5) is 12.5. The van der Waals surface area contributed by atoms with Gasteiger partial charge in [-0.05, 0) is 49.5 Å². The van der Waals surface area contributed by atoms with E-state index in [-0.39, 0.29) is 11.8 Å². The van der Waals surface area contributed by atoms with Gasteiger partial charge in [0.05, 0.1) is 5.41 Å². The summed E-state index contributed by atoms with van der Waals surface area (Å²) in [5.74, 6) is 1.18. The Morgan fingerprint density at radius 1 is 1.12 bits per heavy atom. The van der Waals surface area contributed by atoms with E-state index in [0.29, 0.717) is 18.3 Å². The number of hydrazone groups is 1. The lowest BCUT2D eigenvalue weighted by molar-refractivity contribution is -0.122. The molecule has 0 radical (unpaired) electrons. The molecule has 0 aliphatic heterocycles. The van der Waals surface area contributed by atoms with Crippen molar-refractivity contribution in [2.45, 2.75) is 41.9 Å². The molecule has 1 amide bonds. The predicted molar refractivity (Wildman–Crippen MR) is 102 cm³/mol. The van der Waals surface area contributed by atoms with Crippen LogP contribution in [0.25, 0.3) is 0 Å². The first-order chi connectivity index (χ1) is 12.1. The van der Waals surface area contributed by atoms with Gasteiger partial charge in [0.1, 0.15) is 4.33 Å². The van der Waals surface area contributed by atoms with E-state index in [9.17, 15) is 4.79 Å². The second-order valence-electron chi connectivity index (χ2n) is 7.43. The number of benzene rings is 1. The van der Waals surface area contributed by atoms with Gasteiger partial charge < -0.3 is 0 Å². The summed E-state index contributed by atoms with van der Waals surface area (Å²) in [6.45, 7) is 0. The number of rotatable bonds is 4. The average molecular weight is 377 g/mol. The Balaban J connectivity index is 1.40. The molecular formula is C20H22Cl2N2O. The van der Waals surface area contributed by atoms with Gasteiger partial charge in [-0.1, -0.05) is 42.5 Å². The van der Waals surface area contributed by atoms with Crippen molar-refractivity contribution in [2.24, 2.45) is 22.9 Å². The highest BCUT2D eigenvalue weighted by molar-refractivity contribution is 6.53. The number of amides is 1. The Kier molecular flexibility index (Phi) is 4.41. The number of halogens is 2. The predicted octanol–water partition coefficient (Wildman–Crippen LogP) is 4.60. The molecule has 3 atom stereocenters. The zero-order valence-electron chi connectivity index (χ0n) is 14.0. The SMILES string of the molecule is O=C(N/N=C/C1(c2ccccc2)CC1(Cl)Cl)C1C2CC/C=C\CCC21. The van der Waals surface area contributed by atoms with Crippen molar-refractivity contribution in [2.75, 3.05) is 0 Å². The van der Waals surface area contributed by atoms with Crippen molar-refractivity contribution in [3.8, 4) is 0 Å². The number of nitrogens with zero attached hydrogens (tertiary/aromatic N) is 1. The molecule has 3 nitrogen and oxygen atoms in total. The van der Waals surface area contributed by atoms with Gasteiger partial charge in [0.2, 0.25) is 5.91 Å². The Morgan fingerprint density at radius 3 is 2.28 bits per heavy atom. The molecule has 2 fully saturated rings. The van der Waals surface area contributed by atoms with Crippen molar-refractivity contribution in [1.29, 1.82) is 0 Å². The molecule has 1 aromatic carbocycles. The maximum Gasteiger partial charge on any atom is 0.243 e. The lowest BCUT2D eigenvalue weighted by Crippen LogP contribution is -2.24. The minimum Gasteiger partial charge on any atom is -0.273 e. The van der Waals surface area contributed by atoms with E-state index in [1.165, 1.54) is 0 Å². The first-order valence-electron chi connectivity index (χ1n) is 8.98. The minimum atomic E-state index is -0.863. The normalized spacial score (nSPS) is 36.8. The average Bonchev–Trinajstić information content (AvgIpc) is 3.41. The highest BCUT2D eigenvalue weighted by atomic mass is 35.5. The van der Waals surface area contributed by atoms with Crippen LogP contribution in [0.1, 0.15) is 37.7 Å². The fourth-order valence-electron chi connectivity index (χ4n) is 4.28. The third-order valence-electron chi connectivity index (χ3n) is 5.91. The summed E-state index contributed by atoms with van der Waals surface area (Å²) in [5.41, 5.74) is 3.25. The van der Waals surface area contributed by atoms with E-state index in [1.807, 2.05) is 30.3 Å². The third kappa shape index (κ3) is 3.13. The summed E-state index contributed by atoms with van der Waals surface area (Å²) >= 11 is 12.8. The van der Waals surface area contributed by atoms with Gasteiger partial charge in [-0.25, -0.2) is 5.43 Å². The lowest BCUT2D eigenvalue weighted by atomic mass is 9.97. The molecule has 25 heavy (non-hydrogen) atoms. The van der Waals surface area contributed by atoms with Gasteiger partial charge in [-0.3, -0.25) is 4.79 Å². The van der Waals surface area contributed by atoms with Crippen molar-refractivity contribution in [3.05, 3.63) is 48.0 Å². The molecule has 5 heteroatoms. The second-order valence-corrected chi connectivity index (χ2v) is 8.92. The summed E-state index contributed by atoms with van der Waals surface area (Å²) < 4.78 is -0.863. The van der Waals surface area contributed by atoms with Crippen LogP contribution in [0.3, 0.4) is 0 Å². The Hall–Kier alpha value is -1.32. The topological polar surface area (TPSA) is 41.5 Å². The summed E-state index contributed by atoms with van der Waals surface area (Å²) in [5, 5.41) is 4.23. The van der Waals surface area contributed by atoms with Gasteiger partial charge in [0, 0.05) is 12.1 Å². The number of allylic oxidation sites excluding steroid dienone is 2. The number of hydrogen-bond donors (Lipinski definition) is 1. The van der Waals surface area contributed by atoms with Crippen molar-refractivity contribution >= 4 is 35.3 Å². The molecule has 0 aromatic heterocycles. The van der Waals surface area contributed by atoms with E-state index in [4.69, 9.17) is 23.2 Å². The van der Waals surface area contributed by atoms with E-state index >= 15 is 0 Å². The molecule has 132 valence electrons. The molecule has 3 aliphatic carbocycles. The van der Waals surface area contributed by atoms with Crippen molar-refractivity contribution in [3.63, 3.8) is 0 Å². The highest BCUT2D eigenvalue weighted by Gasteiger charge is 2.66. The van der Waals surface area contributed by atoms with E-state index in [2.05, 4.69) is 22.7 Å². The summed E-state index contributed by atoms with van der Waals surface area (Å²) in [6.07, 6.45) is 11.1. The minimum absolute atomic E-state index is 0.0340. The van der Waals surface area contributed by atoms with Crippen LogP contribution < -0.4 is 5.43 Å². The number of nitrogens with one attached hydrogen (secondary N) is 1. The van der Waals surface area contributed by atoms with Crippen LogP contribution in [0.15, 0.2) is 47.6 Å². The van der Waals surface area contributed by atoms with Crippen LogP contribution in [-0.4, -0.2) is 16.5 Å². The zero-order chi connectivity index (χ0) is 17.5. The first kappa shape index (κ1) is 17.1. The van der Waals surface area contributed by atoms with Crippen LogP contribution >= 0.6 is 23.2 Å².